The molecule has 3 rings (SSSR count). The second kappa shape index (κ2) is 11.2. The summed E-state index contributed by atoms with van der Waals surface area (Å²) < 4.78 is 7.62. The van der Waals surface area contributed by atoms with Crippen molar-refractivity contribution in [3.05, 3.63) is 82.6 Å². The second-order valence-electron chi connectivity index (χ2n) is 6.65. The number of hydrogen-bond acceptors (Lipinski definition) is 5. The Morgan fingerprint density at radius 3 is 2.77 bits per heavy atom. The third-order valence-corrected chi connectivity index (χ3v) is 5.88. The van der Waals surface area contributed by atoms with Gasteiger partial charge in [-0.25, -0.2) is 0 Å². The molecule has 0 saturated heterocycles. The summed E-state index contributed by atoms with van der Waals surface area (Å²) in [6.45, 7) is 6.38. The predicted molar refractivity (Wildman–Crippen MR) is 125 cm³/mol. The van der Waals surface area contributed by atoms with E-state index in [2.05, 4.69) is 22.1 Å². The average molecular weight is 477 g/mol. The molecule has 1 unspecified atom stereocenters. The molecule has 0 aliphatic carbocycles. The topological polar surface area (TPSA) is 69.0 Å². The van der Waals surface area contributed by atoms with Crippen LogP contribution in [0.4, 0.5) is 0 Å². The zero-order valence-electron chi connectivity index (χ0n) is 16.9. The van der Waals surface area contributed by atoms with Crippen LogP contribution in [0.5, 0.6) is 5.75 Å². The molecule has 0 radical (unpaired) electrons. The fourth-order valence-electron chi connectivity index (χ4n) is 2.81. The maximum atomic E-state index is 12.4. The maximum Gasteiger partial charge on any atom is 0.230 e. The number of nitrogens with zero attached hydrogens (tertiary/aromatic N) is 3. The molecule has 0 fully saturated rings. The van der Waals surface area contributed by atoms with Crippen molar-refractivity contribution in [1.82, 2.24) is 20.1 Å². The molecule has 1 N–H and O–H groups in total. The number of nitrogens with one attached hydrogen (secondary N) is 1. The van der Waals surface area contributed by atoms with Crippen LogP contribution >= 0.6 is 35.0 Å². The first-order chi connectivity index (χ1) is 15.0. The summed E-state index contributed by atoms with van der Waals surface area (Å²) in [5, 5.41) is 13.0. The van der Waals surface area contributed by atoms with Gasteiger partial charge in [-0.2, -0.15) is 0 Å². The normalized spacial score (nSPS) is 11.7. The zero-order chi connectivity index (χ0) is 22.2. The van der Waals surface area contributed by atoms with Crippen LogP contribution < -0.4 is 10.1 Å². The summed E-state index contributed by atoms with van der Waals surface area (Å²) in [4.78, 5) is 12.4. The van der Waals surface area contributed by atoms with Crippen molar-refractivity contribution in [2.24, 2.45) is 0 Å². The van der Waals surface area contributed by atoms with Gasteiger partial charge in [0.25, 0.3) is 0 Å². The lowest BCUT2D eigenvalue weighted by atomic mass is 10.1. The number of hydrogen-bond donors (Lipinski definition) is 1. The minimum Gasteiger partial charge on any atom is -0.484 e. The number of ether oxygens (including phenoxy) is 1. The molecule has 3 aromatic rings. The van der Waals surface area contributed by atoms with Crippen molar-refractivity contribution in [3.8, 4) is 5.75 Å². The monoisotopic (exact) mass is 476 g/mol. The molecule has 0 bridgehead atoms. The molecule has 2 aromatic carbocycles. The molecule has 1 aromatic heterocycles. The van der Waals surface area contributed by atoms with Crippen molar-refractivity contribution in [2.75, 3.05) is 5.75 Å². The minimum absolute atomic E-state index is 0.0771. The predicted octanol–water partition coefficient (Wildman–Crippen LogP) is 5.32. The molecule has 0 aliphatic rings. The first-order valence-electron chi connectivity index (χ1n) is 9.56. The van der Waals surface area contributed by atoms with Crippen LogP contribution in [0.15, 0.2) is 66.3 Å². The van der Waals surface area contributed by atoms with Crippen molar-refractivity contribution in [2.45, 2.75) is 31.3 Å². The van der Waals surface area contributed by atoms with Crippen LogP contribution in [-0.4, -0.2) is 26.4 Å². The molecular formula is C22H22Cl2N4O2S. The quantitative estimate of drug-likeness (QED) is 0.316. The highest BCUT2D eigenvalue weighted by Gasteiger charge is 2.16. The van der Waals surface area contributed by atoms with Crippen LogP contribution in [0.25, 0.3) is 0 Å². The molecule has 1 heterocycles. The molecule has 162 valence electrons. The minimum atomic E-state index is -0.0852. The van der Waals surface area contributed by atoms with Gasteiger partial charge in [0.15, 0.2) is 11.0 Å². The lowest BCUT2D eigenvalue weighted by molar-refractivity contribution is -0.119. The third-order valence-electron chi connectivity index (χ3n) is 4.36. The van der Waals surface area contributed by atoms with Gasteiger partial charge in [0, 0.05) is 17.6 Å². The van der Waals surface area contributed by atoms with Crippen molar-refractivity contribution < 1.29 is 9.53 Å². The lowest BCUT2D eigenvalue weighted by Gasteiger charge is -2.14. The molecule has 6 nitrogen and oxygen atoms in total. The molecule has 1 amide bonds. The van der Waals surface area contributed by atoms with Gasteiger partial charge < -0.3 is 10.1 Å². The van der Waals surface area contributed by atoms with E-state index in [9.17, 15) is 4.79 Å². The average Bonchev–Trinajstić information content (AvgIpc) is 3.15. The van der Waals surface area contributed by atoms with Gasteiger partial charge in [0.05, 0.1) is 16.8 Å². The van der Waals surface area contributed by atoms with Crippen LogP contribution in [0.1, 0.15) is 24.4 Å². The summed E-state index contributed by atoms with van der Waals surface area (Å²) in [7, 11) is 0. The number of allylic oxidation sites excluding steroid dienone is 1. The summed E-state index contributed by atoms with van der Waals surface area (Å²) in [5.74, 6) is 1.19. The van der Waals surface area contributed by atoms with E-state index >= 15 is 0 Å². The van der Waals surface area contributed by atoms with Gasteiger partial charge in [-0.15, -0.1) is 16.8 Å². The SMILES string of the molecule is C=CCn1c(COc2cc(Cl)ccc2Cl)nnc1SCC(=O)NC(C)c1ccccc1. The Bertz CT molecular complexity index is 1040. The molecule has 0 spiro atoms. The smallest absolute Gasteiger partial charge is 0.230 e. The van der Waals surface area contributed by atoms with E-state index in [0.717, 1.165) is 5.56 Å². The van der Waals surface area contributed by atoms with Crippen LogP contribution in [0, 0.1) is 0 Å². The van der Waals surface area contributed by atoms with Crippen molar-refractivity contribution >= 4 is 40.9 Å². The first kappa shape index (κ1) is 23.2. The van der Waals surface area contributed by atoms with E-state index in [-0.39, 0.29) is 24.3 Å². The summed E-state index contributed by atoms with van der Waals surface area (Å²) in [5.41, 5.74) is 1.05. The largest absolute Gasteiger partial charge is 0.484 e. The standard InChI is InChI=1S/C22H22Cl2N4O2S/c1-3-11-28-20(13-30-19-12-17(23)9-10-18(19)24)26-27-22(28)31-14-21(29)25-15(2)16-7-5-4-6-8-16/h3-10,12,15H,1,11,13-14H2,2H3,(H,25,29). The van der Waals surface area contributed by atoms with E-state index in [4.69, 9.17) is 27.9 Å². The molecule has 0 aliphatic heterocycles. The van der Waals surface area contributed by atoms with E-state index in [0.29, 0.717) is 33.3 Å². The summed E-state index contributed by atoms with van der Waals surface area (Å²) >= 11 is 13.5. The number of benzene rings is 2. The number of rotatable bonds is 10. The Balaban J connectivity index is 1.61. The third kappa shape index (κ3) is 6.50. The summed E-state index contributed by atoms with van der Waals surface area (Å²) in [6.07, 6.45) is 1.74. The Hall–Kier alpha value is -2.48. The van der Waals surface area contributed by atoms with Gasteiger partial charge in [-0.1, -0.05) is 71.4 Å². The Labute approximate surface area is 195 Å². The van der Waals surface area contributed by atoms with Gasteiger partial charge in [0.2, 0.25) is 5.91 Å². The molecule has 31 heavy (non-hydrogen) atoms. The molecular weight excluding hydrogens is 455 g/mol. The number of aromatic nitrogens is 3. The van der Waals surface area contributed by atoms with Gasteiger partial charge >= 0.3 is 0 Å². The van der Waals surface area contributed by atoms with Crippen molar-refractivity contribution in [3.63, 3.8) is 0 Å². The van der Waals surface area contributed by atoms with Gasteiger partial charge in [-0.05, 0) is 24.6 Å². The van der Waals surface area contributed by atoms with Crippen LogP contribution in [-0.2, 0) is 17.9 Å². The van der Waals surface area contributed by atoms with E-state index in [1.54, 1.807) is 24.3 Å². The zero-order valence-corrected chi connectivity index (χ0v) is 19.3. The van der Waals surface area contributed by atoms with Gasteiger partial charge in [-0.3, -0.25) is 9.36 Å². The maximum absolute atomic E-state index is 12.4. The summed E-state index contributed by atoms with van der Waals surface area (Å²) in [6, 6.07) is 14.7. The highest BCUT2D eigenvalue weighted by molar-refractivity contribution is 7.99. The molecule has 1 atom stereocenters. The lowest BCUT2D eigenvalue weighted by Crippen LogP contribution is -2.28. The molecule has 9 heteroatoms. The Morgan fingerprint density at radius 1 is 1.26 bits per heavy atom. The first-order valence-corrected chi connectivity index (χ1v) is 11.3. The van der Waals surface area contributed by atoms with Gasteiger partial charge in [0.1, 0.15) is 12.4 Å². The number of halogens is 2. The Kier molecular flexibility index (Phi) is 8.40. The van der Waals surface area contributed by atoms with Crippen molar-refractivity contribution in [1.29, 1.82) is 0 Å². The molecule has 0 saturated carbocycles. The van der Waals surface area contributed by atoms with E-state index in [1.807, 2.05) is 41.8 Å². The number of carbonyl (C=O) groups excluding carboxylic acids is 1. The fourth-order valence-corrected chi connectivity index (χ4v) is 3.93. The fraction of sp³-hybridized carbons (Fsp3) is 0.227. The number of amides is 1. The highest BCUT2D eigenvalue weighted by Crippen LogP contribution is 2.28. The second-order valence-corrected chi connectivity index (χ2v) is 8.44. The van der Waals surface area contributed by atoms with Crippen LogP contribution in [0.2, 0.25) is 10.0 Å². The van der Waals surface area contributed by atoms with E-state index in [1.165, 1.54) is 11.8 Å². The number of thioether (sulfide) groups is 1. The Morgan fingerprint density at radius 2 is 2.03 bits per heavy atom. The highest BCUT2D eigenvalue weighted by atomic mass is 35.5. The van der Waals surface area contributed by atoms with Crippen LogP contribution in [0.3, 0.4) is 0 Å². The van der Waals surface area contributed by atoms with E-state index < -0.39 is 0 Å². The number of carbonyl (C=O) groups is 1.